The molecule has 2 fully saturated rings. The monoisotopic (exact) mass is 490 g/mol. The lowest BCUT2D eigenvalue weighted by molar-refractivity contribution is -0.123. The van der Waals surface area contributed by atoms with Gasteiger partial charge in [0.15, 0.2) is 5.78 Å². The summed E-state index contributed by atoms with van der Waals surface area (Å²) < 4.78 is 5.44. The Balaban J connectivity index is 1.52. The normalized spacial score (nSPS) is 24.8. The van der Waals surface area contributed by atoms with Gasteiger partial charge in [-0.15, -0.1) is 11.3 Å². The predicted octanol–water partition coefficient (Wildman–Crippen LogP) is 4.81. The van der Waals surface area contributed by atoms with Gasteiger partial charge < -0.3 is 9.64 Å². The number of nitrogens with zero attached hydrogens (tertiary/aromatic N) is 2. The number of hydrogen-bond donors (Lipinski definition) is 0. The topological polar surface area (TPSA) is 66.9 Å². The van der Waals surface area contributed by atoms with Crippen molar-refractivity contribution in [1.29, 1.82) is 0 Å². The lowest BCUT2D eigenvalue weighted by Crippen LogP contribution is -2.44. The molecule has 2 amide bonds. The quantitative estimate of drug-likeness (QED) is 0.388. The number of anilines is 1. The second-order valence-corrected chi connectivity index (χ2v) is 9.89. The third-order valence-corrected chi connectivity index (χ3v) is 8.00. The Hall–Kier alpha value is -3.42. The molecule has 0 N–H and O–H groups in total. The SMILES string of the molecule is COc1ccc(Cl)cc1N1C(=O)C2C(C1=O)C1c3ccccc3C=CN1C2C(=O)c1cccs1. The maximum Gasteiger partial charge on any atom is 0.240 e. The van der Waals surface area contributed by atoms with Crippen LogP contribution in [0.3, 0.4) is 0 Å². The van der Waals surface area contributed by atoms with Gasteiger partial charge in [-0.3, -0.25) is 14.4 Å². The molecule has 4 atom stereocenters. The van der Waals surface area contributed by atoms with Crippen LogP contribution in [0.2, 0.25) is 5.02 Å². The third-order valence-electron chi connectivity index (χ3n) is 6.88. The Labute approximate surface area is 205 Å². The first-order chi connectivity index (χ1) is 16.5. The van der Waals surface area contributed by atoms with E-state index in [1.54, 1.807) is 24.3 Å². The van der Waals surface area contributed by atoms with E-state index in [-0.39, 0.29) is 11.7 Å². The molecule has 0 saturated carbocycles. The van der Waals surface area contributed by atoms with E-state index in [1.807, 2.05) is 52.9 Å². The number of rotatable bonds is 4. The molecule has 2 saturated heterocycles. The Morgan fingerprint density at radius 1 is 1.03 bits per heavy atom. The number of fused-ring (bicyclic) bond motifs is 5. The molecule has 2 aromatic carbocycles. The van der Waals surface area contributed by atoms with Gasteiger partial charge in [0, 0.05) is 11.2 Å². The van der Waals surface area contributed by atoms with Crippen molar-refractivity contribution in [2.45, 2.75) is 12.1 Å². The summed E-state index contributed by atoms with van der Waals surface area (Å²) in [7, 11) is 1.48. The van der Waals surface area contributed by atoms with E-state index in [1.165, 1.54) is 18.4 Å². The minimum absolute atomic E-state index is 0.155. The maximum absolute atomic E-state index is 13.9. The molecule has 4 unspecified atom stereocenters. The number of ether oxygens (including phenoxy) is 1. The average Bonchev–Trinajstić information content (AvgIpc) is 3.55. The zero-order chi connectivity index (χ0) is 23.6. The number of amides is 2. The fourth-order valence-corrected chi connectivity index (χ4v) is 6.36. The molecule has 3 aromatic rings. The van der Waals surface area contributed by atoms with Crippen LogP contribution in [-0.4, -0.2) is 35.6 Å². The fourth-order valence-electron chi connectivity index (χ4n) is 5.50. The zero-order valence-electron chi connectivity index (χ0n) is 18.1. The number of hydrogen-bond acceptors (Lipinski definition) is 6. The lowest BCUT2D eigenvalue weighted by atomic mass is 9.84. The molecule has 3 aliphatic rings. The third kappa shape index (κ3) is 2.90. The van der Waals surface area contributed by atoms with E-state index in [4.69, 9.17) is 16.3 Å². The molecule has 3 aliphatic heterocycles. The van der Waals surface area contributed by atoms with Crippen molar-refractivity contribution in [1.82, 2.24) is 4.90 Å². The van der Waals surface area contributed by atoms with Crippen molar-refractivity contribution in [2.75, 3.05) is 12.0 Å². The van der Waals surface area contributed by atoms with Gasteiger partial charge in [-0.1, -0.05) is 41.9 Å². The van der Waals surface area contributed by atoms with E-state index in [2.05, 4.69) is 0 Å². The molecule has 6 rings (SSSR count). The Kier molecular flexibility index (Phi) is 4.86. The van der Waals surface area contributed by atoms with E-state index in [0.717, 1.165) is 16.0 Å². The first-order valence-electron chi connectivity index (χ1n) is 10.8. The summed E-state index contributed by atoms with van der Waals surface area (Å²) in [6.07, 6.45) is 3.79. The van der Waals surface area contributed by atoms with Crippen LogP contribution in [0.4, 0.5) is 5.69 Å². The summed E-state index contributed by atoms with van der Waals surface area (Å²) in [5.41, 5.74) is 2.21. The van der Waals surface area contributed by atoms with Gasteiger partial charge in [-0.05, 0) is 46.8 Å². The number of halogens is 1. The van der Waals surface area contributed by atoms with Gasteiger partial charge in [0.2, 0.25) is 11.8 Å². The van der Waals surface area contributed by atoms with Crippen molar-refractivity contribution in [2.24, 2.45) is 11.8 Å². The largest absolute Gasteiger partial charge is 0.495 e. The molecule has 34 heavy (non-hydrogen) atoms. The number of benzene rings is 2. The summed E-state index contributed by atoms with van der Waals surface area (Å²) in [5, 5.41) is 2.22. The molecule has 170 valence electrons. The highest BCUT2D eigenvalue weighted by atomic mass is 35.5. The van der Waals surface area contributed by atoms with Crippen molar-refractivity contribution in [3.8, 4) is 5.75 Å². The van der Waals surface area contributed by atoms with E-state index in [9.17, 15) is 14.4 Å². The molecule has 0 aliphatic carbocycles. The van der Waals surface area contributed by atoms with Gasteiger partial charge in [-0.25, -0.2) is 4.90 Å². The van der Waals surface area contributed by atoms with Crippen LogP contribution in [0.25, 0.3) is 6.08 Å². The molecule has 0 bridgehead atoms. The first kappa shape index (κ1) is 21.1. The molecular formula is C26H19ClN2O4S. The summed E-state index contributed by atoms with van der Waals surface area (Å²) in [6, 6.07) is 15.0. The van der Waals surface area contributed by atoms with Crippen molar-refractivity contribution < 1.29 is 19.1 Å². The number of imide groups is 1. The predicted molar refractivity (Wildman–Crippen MR) is 130 cm³/mol. The van der Waals surface area contributed by atoms with E-state index >= 15 is 0 Å². The molecule has 0 radical (unpaired) electrons. The van der Waals surface area contributed by atoms with Crippen molar-refractivity contribution >= 4 is 52.3 Å². The van der Waals surface area contributed by atoms with Crippen LogP contribution in [0, 0.1) is 11.8 Å². The number of thiophene rings is 1. The van der Waals surface area contributed by atoms with E-state index in [0.29, 0.717) is 21.3 Å². The van der Waals surface area contributed by atoms with Crippen molar-refractivity contribution in [3.05, 3.63) is 87.2 Å². The van der Waals surface area contributed by atoms with Crippen LogP contribution in [0.1, 0.15) is 26.8 Å². The lowest BCUT2D eigenvalue weighted by Gasteiger charge is -2.35. The van der Waals surface area contributed by atoms with Crippen LogP contribution in [0.5, 0.6) is 5.75 Å². The molecule has 0 spiro atoms. The van der Waals surface area contributed by atoms with Gasteiger partial charge in [-0.2, -0.15) is 0 Å². The molecule has 4 heterocycles. The van der Waals surface area contributed by atoms with Crippen LogP contribution >= 0.6 is 22.9 Å². The van der Waals surface area contributed by atoms with E-state index < -0.39 is 29.8 Å². The molecule has 8 heteroatoms. The van der Waals surface area contributed by atoms with Crippen LogP contribution < -0.4 is 9.64 Å². The number of methoxy groups -OCH3 is 1. The van der Waals surface area contributed by atoms with Crippen LogP contribution in [-0.2, 0) is 9.59 Å². The molecule has 1 aromatic heterocycles. The Morgan fingerprint density at radius 2 is 1.82 bits per heavy atom. The fraction of sp³-hybridized carbons (Fsp3) is 0.192. The van der Waals surface area contributed by atoms with Crippen LogP contribution in [0.15, 0.2) is 66.2 Å². The second-order valence-electron chi connectivity index (χ2n) is 8.50. The van der Waals surface area contributed by atoms with Gasteiger partial charge >= 0.3 is 0 Å². The summed E-state index contributed by atoms with van der Waals surface area (Å²) >= 11 is 7.55. The highest BCUT2D eigenvalue weighted by Crippen LogP contribution is 2.54. The Bertz CT molecular complexity index is 1370. The minimum Gasteiger partial charge on any atom is -0.495 e. The molecular weight excluding hydrogens is 472 g/mol. The van der Waals surface area contributed by atoms with Gasteiger partial charge in [0.25, 0.3) is 0 Å². The maximum atomic E-state index is 13.9. The smallest absolute Gasteiger partial charge is 0.240 e. The minimum atomic E-state index is -0.827. The number of Topliss-reactive ketones (excluding diaryl/α,β-unsaturated/α-hetero) is 1. The molecule has 6 nitrogen and oxygen atoms in total. The van der Waals surface area contributed by atoms with Gasteiger partial charge in [0.05, 0.1) is 35.6 Å². The number of carbonyl (C=O) groups is 3. The summed E-state index contributed by atoms with van der Waals surface area (Å²) in [4.78, 5) is 45.2. The zero-order valence-corrected chi connectivity index (χ0v) is 19.6. The average molecular weight is 491 g/mol. The number of ketones is 1. The highest BCUT2D eigenvalue weighted by molar-refractivity contribution is 7.12. The van der Waals surface area contributed by atoms with Gasteiger partial charge in [0.1, 0.15) is 11.8 Å². The summed E-state index contributed by atoms with van der Waals surface area (Å²) in [6.45, 7) is 0. The first-order valence-corrected chi connectivity index (χ1v) is 12.1. The second kappa shape index (κ2) is 7.82. The standard InChI is InChI=1S/C26H19ClN2O4S/c1-33-18-9-8-15(27)13-17(18)29-25(31)20-21(26(29)32)23(24(30)19-7-4-12-34-19)28-11-10-14-5-2-3-6-16(14)22(20)28/h2-13,20-23H,1H3. The number of carbonyl (C=O) groups excluding carboxylic acids is 3. The Morgan fingerprint density at radius 3 is 2.59 bits per heavy atom. The highest BCUT2D eigenvalue weighted by Gasteiger charge is 2.64. The summed E-state index contributed by atoms with van der Waals surface area (Å²) in [5.74, 6) is -2.09. The van der Waals surface area contributed by atoms with Crippen molar-refractivity contribution in [3.63, 3.8) is 0 Å².